The summed E-state index contributed by atoms with van der Waals surface area (Å²) in [6, 6.07) is 0.843. The Labute approximate surface area is 101 Å². The molecule has 0 aliphatic heterocycles. The predicted octanol–water partition coefficient (Wildman–Crippen LogP) is 1.63. The van der Waals surface area contributed by atoms with Crippen LogP contribution in [0.3, 0.4) is 0 Å². The van der Waals surface area contributed by atoms with Gasteiger partial charge in [0.05, 0.1) is 4.92 Å². The van der Waals surface area contributed by atoms with Gasteiger partial charge < -0.3 is 5.73 Å². The van der Waals surface area contributed by atoms with Crippen molar-refractivity contribution >= 4 is 34.2 Å². The summed E-state index contributed by atoms with van der Waals surface area (Å²) in [6.07, 6.45) is -3.07. The lowest BCUT2D eigenvalue weighted by atomic mass is 10.2. The Morgan fingerprint density at radius 3 is 2.56 bits per heavy atom. The van der Waals surface area contributed by atoms with E-state index >= 15 is 0 Å². The summed E-state index contributed by atoms with van der Waals surface area (Å²) in [7, 11) is 0. The van der Waals surface area contributed by atoms with Gasteiger partial charge in [-0.3, -0.25) is 14.9 Å². The number of carbonyl (C=O) groups is 1. The zero-order chi connectivity index (χ0) is 12.5. The predicted molar refractivity (Wildman–Crippen MR) is 57.1 cm³/mol. The molecule has 0 spiro atoms. The molecular formula is C7H4F2IN3O3. The van der Waals surface area contributed by atoms with E-state index in [1.165, 1.54) is 0 Å². The Morgan fingerprint density at radius 2 is 2.19 bits per heavy atom. The number of carbonyl (C=O) groups excluding carboxylic acids is 1. The van der Waals surface area contributed by atoms with Crippen molar-refractivity contribution in [3.8, 4) is 0 Å². The van der Waals surface area contributed by atoms with Crippen LogP contribution >= 0.6 is 22.6 Å². The smallest absolute Gasteiger partial charge is 0.309 e. The van der Waals surface area contributed by atoms with Crippen LogP contribution in [-0.2, 0) is 0 Å². The molecule has 0 radical (unpaired) electrons. The van der Waals surface area contributed by atoms with Crippen molar-refractivity contribution in [3.63, 3.8) is 0 Å². The standard InChI is InChI=1S/C7H4F2IN3O3/c8-6(9)2-1-3(10)12-4(7(11)14)5(2)13(15)16/h1,6H,(H2,11,14). The number of aromatic nitrogens is 1. The van der Waals surface area contributed by atoms with Crippen molar-refractivity contribution in [2.24, 2.45) is 5.73 Å². The number of hydrogen-bond donors (Lipinski definition) is 1. The molecule has 0 unspecified atom stereocenters. The highest BCUT2D eigenvalue weighted by molar-refractivity contribution is 14.1. The Balaban J connectivity index is 3.60. The van der Waals surface area contributed by atoms with Gasteiger partial charge in [0.25, 0.3) is 12.3 Å². The van der Waals surface area contributed by atoms with Gasteiger partial charge in [0, 0.05) is 0 Å². The SMILES string of the molecule is NC(=O)c1nc(I)cc(C(F)F)c1[N+](=O)[O-]. The van der Waals surface area contributed by atoms with Crippen molar-refractivity contribution < 1.29 is 18.5 Å². The van der Waals surface area contributed by atoms with E-state index in [0.29, 0.717) is 0 Å². The van der Waals surface area contributed by atoms with E-state index in [9.17, 15) is 23.7 Å². The first-order valence-electron chi connectivity index (χ1n) is 3.77. The molecule has 1 rings (SSSR count). The molecule has 0 saturated carbocycles. The molecule has 9 heteroatoms. The zero-order valence-electron chi connectivity index (χ0n) is 7.49. The highest BCUT2D eigenvalue weighted by Gasteiger charge is 2.30. The van der Waals surface area contributed by atoms with Crippen LogP contribution in [0.1, 0.15) is 22.5 Å². The fourth-order valence-corrected chi connectivity index (χ4v) is 1.63. The maximum Gasteiger partial charge on any atom is 0.309 e. The van der Waals surface area contributed by atoms with Gasteiger partial charge in [0.1, 0.15) is 9.26 Å². The number of halogens is 3. The van der Waals surface area contributed by atoms with E-state index in [2.05, 4.69) is 4.98 Å². The molecule has 0 fully saturated rings. The second-order valence-corrected chi connectivity index (χ2v) is 3.76. The van der Waals surface area contributed by atoms with Crippen LogP contribution in [0.4, 0.5) is 14.5 Å². The number of amides is 1. The minimum Gasteiger partial charge on any atom is -0.364 e. The van der Waals surface area contributed by atoms with Crippen LogP contribution < -0.4 is 5.73 Å². The fourth-order valence-electron chi connectivity index (χ4n) is 1.06. The second kappa shape index (κ2) is 4.63. The molecule has 0 bridgehead atoms. The van der Waals surface area contributed by atoms with E-state index in [1.54, 1.807) is 22.6 Å². The number of rotatable bonds is 3. The largest absolute Gasteiger partial charge is 0.364 e. The van der Waals surface area contributed by atoms with E-state index in [-0.39, 0.29) is 3.70 Å². The van der Waals surface area contributed by atoms with Crippen LogP contribution in [-0.4, -0.2) is 15.8 Å². The maximum atomic E-state index is 12.5. The van der Waals surface area contributed by atoms with Crippen LogP contribution in [0.25, 0.3) is 0 Å². The number of nitrogens with two attached hydrogens (primary N) is 1. The third kappa shape index (κ3) is 2.40. The molecule has 2 N–H and O–H groups in total. The van der Waals surface area contributed by atoms with Crippen LogP contribution in [0.2, 0.25) is 0 Å². The summed E-state index contributed by atoms with van der Waals surface area (Å²) in [5.41, 5.74) is 2.18. The van der Waals surface area contributed by atoms with Crippen LogP contribution in [0, 0.1) is 13.8 Å². The van der Waals surface area contributed by atoms with Gasteiger partial charge in [0.15, 0.2) is 0 Å². The van der Waals surface area contributed by atoms with Crippen molar-refractivity contribution in [2.75, 3.05) is 0 Å². The first-order valence-corrected chi connectivity index (χ1v) is 4.85. The van der Waals surface area contributed by atoms with Crippen molar-refractivity contribution in [2.45, 2.75) is 6.43 Å². The Morgan fingerprint density at radius 1 is 1.62 bits per heavy atom. The maximum absolute atomic E-state index is 12.5. The highest BCUT2D eigenvalue weighted by Crippen LogP contribution is 2.31. The first kappa shape index (κ1) is 12.7. The lowest BCUT2D eigenvalue weighted by Gasteiger charge is -2.05. The fraction of sp³-hybridized carbons (Fsp3) is 0.143. The minimum absolute atomic E-state index is 0.0345. The third-order valence-electron chi connectivity index (χ3n) is 1.64. The summed E-state index contributed by atoms with van der Waals surface area (Å²) in [5, 5.41) is 10.6. The molecular weight excluding hydrogens is 339 g/mol. The van der Waals surface area contributed by atoms with Gasteiger partial charge in [-0.2, -0.15) is 0 Å². The van der Waals surface area contributed by atoms with Gasteiger partial charge >= 0.3 is 5.69 Å². The lowest BCUT2D eigenvalue weighted by molar-refractivity contribution is -0.386. The summed E-state index contributed by atoms with van der Waals surface area (Å²) < 4.78 is 25.1. The number of pyridine rings is 1. The molecule has 86 valence electrons. The number of nitrogens with zero attached hydrogens (tertiary/aromatic N) is 2. The number of hydrogen-bond acceptors (Lipinski definition) is 4. The lowest BCUT2D eigenvalue weighted by Crippen LogP contribution is -2.17. The van der Waals surface area contributed by atoms with E-state index in [0.717, 1.165) is 6.07 Å². The average molecular weight is 343 g/mol. The molecule has 1 aromatic rings. The molecule has 0 saturated heterocycles. The first-order chi connectivity index (χ1) is 7.34. The molecule has 1 amide bonds. The van der Waals surface area contributed by atoms with Crippen molar-refractivity contribution in [1.29, 1.82) is 0 Å². The van der Waals surface area contributed by atoms with Gasteiger partial charge in [-0.1, -0.05) is 0 Å². The Bertz CT molecular complexity index is 466. The number of alkyl halides is 2. The quantitative estimate of drug-likeness (QED) is 0.390. The van der Waals surface area contributed by atoms with E-state index in [4.69, 9.17) is 5.73 Å². The summed E-state index contributed by atoms with van der Waals surface area (Å²) in [6.45, 7) is 0. The van der Waals surface area contributed by atoms with Crippen molar-refractivity contribution in [1.82, 2.24) is 4.98 Å². The molecule has 0 aromatic carbocycles. The zero-order valence-corrected chi connectivity index (χ0v) is 9.64. The molecule has 1 aromatic heterocycles. The molecule has 1 heterocycles. The normalized spacial score (nSPS) is 10.5. The van der Waals surface area contributed by atoms with Gasteiger partial charge in [0.2, 0.25) is 5.69 Å². The number of nitro groups is 1. The molecule has 16 heavy (non-hydrogen) atoms. The third-order valence-corrected chi connectivity index (χ3v) is 2.19. The molecule has 0 aliphatic rings. The topological polar surface area (TPSA) is 99.1 Å². The summed E-state index contributed by atoms with van der Waals surface area (Å²) in [4.78, 5) is 23.8. The van der Waals surface area contributed by atoms with Gasteiger partial charge in [-0.15, -0.1) is 0 Å². The van der Waals surface area contributed by atoms with Crippen molar-refractivity contribution in [3.05, 3.63) is 31.1 Å². The average Bonchev–Trinajstić information content (AvgIpc) is 2.15. The Hall–Kier alpha value is -1.39. The highest BCUT2D eigenvalue weighted by atomic mass is 127. The summed E-state index contributed by atoms with van der Waals surface area (Å²) in [5.74, 6) is -1.22. The van der Waals surface area contributed by atoms with Crippen LogP contribution in [0.15, 0.2) is 6.07 Å². The van der Waals surface area contributed by atoms with Crippen LogP contribution in [0.5, 0.6) is 0 Å². The molecule has 6 nitrogen and oxygen atoms in total. The second-order valence-electron chi connectivity index (χ2n) is 2.65. The monoisotopic (exact) mass is 343 g/mol. The molecule has 0 atom stereocenters. The van der Waals surface area contributed by atoms with Gasteiger partial charge in [-0.05, 0) is 28.7 Å². The summed E-state index contributed by atoms with van der Waals surface area (Å²) >= 11 is 1.56. The minimum atomic E-state index is -3.07. The molecule has 0 aliphatic carbocycles. The Kier molecular flexibility index (Phi) is 3.67. The number of primary amides is 1. The van der Waals surface area contributed by atoms with E-state index in [1.807, 2.05) is 0 Å². The van der Waals surface area contributed by atoms with E-state index < -0.39 is 34.2 Å². The van der Waals surface area contributed by atoms with Gasteiger partial charge in [-0.25, -0.2) is 13.8 Å².